The summed E-state index contributed by atoms with van der Waals surface area (Å²) in [6, 6.07) is 17.3. The Morgan fingerprint density at radius 2 is 1.62 bits per heavy atom. The normalized spacial score (nSPS) is 15.0. The Kier molecular flexibility index (Phi) is 5.80. The Labute approximate surface area is 170 Å². The van der Waals surface area contributed by atoms with Crippen LogP contribution in [-0.4, -0.2) is 41.1 Å². The molecule has 0 amide bonds. The van der Waals surface area contributed by atoms with Crippen molar-refractivity contribution < 1.29 is 12.8 Å². The third-order valence-corrected chi connectivity index (χ3v) is 6.74. The van der Waals surface area contributed by atoms with Crippen LogP contribution in [-0.2, 0) is 16.4 Å². The van der Waals surface area contributed by atoms with Crippen LogP contribution in [0.3, 0.4) is 0 Å². The van der Waals surface area contributed by atoms with Crippen LogP contribution >= 0.6 is 0 Å². The standard InChI is InChI=1S/C22H24FN3O2S/c23-18-6-8-19(9-7-18)29(27,28)25-12-11-17-5-10-22(26-15-13-24-14-16-26)21-4-2-1-3-20(17)21/h1-10,24-25H,11-16H2. The van der Waals surface area contributed by atoms with Gasteiger partial charge in [-0.1, -0.05) is 30.3 Å². The third-order valence-electron chi connectivity index (χ3n) is 5.26. The summed E-state index contributed by atoms with van der Waals surface area (Å²) in [5.41, 5.74) is 2.32. The van der Waals surface area contributed by atoms with E-state index in [1.54, 1.807) is 0 Å². The first-order valence-corrected chi connectivity index (χ1v) is 11.2. The fourth-order valence-corrected chi connectivity index (χ4v) is 4.79. The molecule has 0 bridgehead atoms. The molecule has 0 aromatic heterocycles. The van der Waals surface area contributed by atoms with E-state index >= 15 is 0 Å². The predicted molar refractivity (Wildman–Crippen MR) is 114 cm³/mol. The Balaban J connectivity index is 1.52. The van der Waals surface area contributed by atoms with Crippen LogP contribution in [0.5, 0.6) is 0 Å². The van der Waals surface area contributed by atoms with Crippen LogP contribution in [0.1, 0.15) is 5.56 Å². The number of nitrogens with one attached hydrogen (secondary N) is 2. The zero-order chi connectivity index (χ0) is 20.3. The van der Waals surface area contributed by atoms with E-state index in [1.807, 2.05) is 12.1 Å². The van der Waals surface area contributed by atoms with Crippen LogP contribution in [0.15, 0.2) is 65.6 Å². The lowest BCUT2D eigenvalue weighted by molar-refractivity contribution is 0.581. The van der Waals surface area contributed by atoms with Crippen LogP contribution in [0.2, 0.25) is 0 Å². The predicted octanol–water partition coefficient (Wildman–Crippen LogP) is 2.91. The van der Waals surface area contributed by atoms with E-state index in [9.17, 15) is 12.8 Å². The van der Waals surface area contributed by atoms with Crippen LogP contribution in [0, 0.1) is 5.82 Å². The molecule has 5 nitrogen and oxygen atoms in total. The van der Waals surface area contributed by atoms with Gasteiger partial charge in [0.15, 0.2) is 0 Å². The van der Waals surface area contributed by atoms with Gasteiger partial charge in [-0.05, 0) is 47.7 Å². The molecule has 0 saturated carbocycles. The SMILES string of the molecule is O=S(=O)(NCCc1ccc(N2CCNCC2)c2ccccc12)c1ccc(F)cc1. The molecule has 4 rings (SSSR count). The maximum Gasteiger partial charge on any atom is 0.240 e. The number of fused-ring (bicyclic) bond motifs is 1. The first-order chi connectivity index (χ1) is 14.0. The van der Waals surface area contributed by atoms with Crippen molar-refractivity contribution >= 4 is 26.5 Å². The average molecular weight is 414 g/mol. The highest BCUT2D eigenvalue weighted by Gasteiger charge is 2.16. The Bertz CT molecular complexity index is 1090. The molecular weight excluding hydrogens is 389 g/mol. The second-order valence-corrected chi connectivity index (χ2v) is 8.90. The summed E-state index contributed by atoms with van der Waals surface area (Å²) in [7, 11) is -3.66. The summed E-state index contributed by atoms with van der Waals surface area (Å²) in [6.45, 7) is 4.17. The van der Waals surface area contributed by atoms with Gasteiger partial charge in [-0.2, -0.15) is 0 Å². The fourth-order valence-electron chi connectivity index (χ4n) is 3.76. The van der Waals surface area contributed by atoms with E-state index in [4.69, 9.17) is 0 Å². The summed E-state index contributed by atoms with van der Waals surface area (Å²) in [6.07, 6.45) is 0.572. The molecule has 1 aliphatic rings. The van der Waals surface area contributed by atoms with Crippen molar-refractivity contribution in [2.24, 2.45) is 0 Å². The van der Waals surface area contributed by atoms with Gasteiger partial charge in [-0.25, -0.2) is 17.5 Å². The molecule has 0 unspecified atom stereocenters. The highest BCUT2D eigenvalue weighted by atomic mass is 32.2. The first-order valence-electron chi connectivity index (χ1n) is 9.76. The first kappa shape index (κ1) is 19.8. The molecular formula is C22H24FN3O2S. The van der Waals surface area contributed by atoms with Crippen LogP contribution < -0.4 is 14.9 Å². The number of piperazine rings is 1. The van der Waals surface area contributed by atoms with Crippen molar-refractivity contribution in [3.63, 3.8) is 0 Å². The van der Waals surface area contributed by atoms with Gasteiger partial charge < -0.3 is 10.2 Å². The quantitative estimate of drug-likeness (QED) is 0.652. The van der Waals surface area contributed by atoms with Crippen molar-refractivity contribution in [2.75, 3.05) is 37.6 Å². The second kappa shape index (κ2) is 8.49. The number of halogens is 1. The fraction of sp³-hybridized carbons (Fsp3) is 0.273. The Morgan fingerprint density at radius 3 is 2.34 bits per heavy atom. The van der Waals surface area contributed by atoms with E-state index in [1.165, 1.54) is 23.2 Å². The van der Waals surface area contributed by atoms with Gasteiger partial charge in [-0.15, -0.1) is 0 Å². The molecule has 0 atom stereocenters. The van der Waals surface area contributed by atoms with Crippen molar-refractivity contribution in [3.05, 3.63) is 72.0 Å². The van der Waals surface area contributed by atoms with Gasteiger partial charge in [0.2, 0.25) is 10.0 Å². The topological polar surface area (TPSA) is 61.4 Å². The smallest absolute Gasteiger partial charge is 0.240 e. The largest absolute Gasteiger partial charge is 0.368 e. The zero-order valence-electron chi connectivity index (χ0n) is 16.1. The van der Waals surface area contributed by atoms with Crippen molar-refractivity contribution in [2.45, 2.75) is 11.3 Å². The molecule has 2 N–H and O–H groups in total. The molecule has 3 aromatic carbocycles. The van der Waals surface area contributed by atoms with E-state index in [2.05, 4.69) is 39.2 Å². The number of anilines is 1. The monoisotopic (exact) mass is 413 g/mol. The van der Waals surface area contributed by atoms with Gasteiger partial charge in [-0.3, -0.25) is 0 Å². The van der Waals surface area contributed by atoms with Crippen LogP contribution in [0.4, 0.5) is 10.1 Å². The minimum absolute atomic E-state index is 0.0674. The van der Waals surface area contributed by atoms with E-state index in [-0.39, 0.29) is 11.4 Å². The van der Waals surface area contributed by atoms with Crippen LogP contribution in [0.25, 0.3) is 10.8 Å². The molecule has 1 saturated heterocycles. The zero-order valence-corrected chi connectivity index (χ0v) is 16.9. The summed E-state index contributed by atoms with van der Waals surface area (Å²) in [5.74, 6) is -0.458. The number of nitrogens with zero attached hydrogens (tertiary/aromatic N) is 1. The lowest BCUT2D eigenvalue weighted by Crippen LogP contribution is -2.43. The lowest BCUT2D eigenvalue weighted by atomic mass is 10.00. The van der Waals surface area contributed by atoms with Gasteiger partial charge in [0.1, 0.15) is 5.82 Å². The third kappa shape index (κ3) is 4.42. The Hall–Kier alpha value is -2.48. The number of hydrogen-bond acceptors (Lipinski definition) is 4. The molecule has 0 aliphatic carbocycles. The number of benzene rings is 3. The molecule has 1 aliphatic heterocycles. The summed E-state index contributed by atoms with van der Waals surface area (Å²) in [5, 5.41) is 5.71. The highest BCUT2D eigenvalue weighted by Crippen LogP contribution is 2.30. The molecule has 152 valence electrons. The van der Waals surface area contributed by atoms with Gasteiger partial charge in [0.05, 0.1) is 4.90 Å². The summed E-state index contributed by atoms with van der Waals surface area (Å²) < 4.78 is 40.5. The summed E-state index contributed by atoms with van der Waals surface area (Å²) >= 11 is 0. The number of rotatable bonds is 6. The van der Waals surface area contributed by atoms with Gasteiger partial charge in [0, 0.05) is 43.8 Å². The molecule has 7 heteroatoms. The van der Waals surface area contributed by atoms with Crippen molar-refractivity contribution in [3.8, 4) is 0 Å². The summed E-state index contributed by atoms with van der Waals surface area (Å²) in [4.78, 5) is 2.46. The van der Waals surface area contributed by atoms with E-state index < -0.39 is 15.8 Å². The van der Waals surface area contributed by atoms with Crippen molar-refractivity contribution in [1.29, 1.82) is 0 Å². The Morgan fingerprint density at radius 1 is 0.931 bits per heavy atom. The molecule has 1 heterocycles. The molecule has 1 fully saturated rings. The molecule has 0 radical (unpaired) electrons. The van der Waals surface area contributed by atoms with Gasteiger partial charge in [0.25, 0.3) is 0 Å². The second-order valence-electron chi connectivity index (χ2n) is 7.13. The highest BCUT2D eigenvalue weighted by molar-refractivity contribution is 7.89. The van der Waals surface area contributed by atoms with Crippen molar-refractivity contribution in [1.82, 2.24) is 10.0 Å². The maximum absolute atomic E-state index is 13.0. The minimum Gasteiger partial charge on any atom is -0.368 e. The molecule has 29 heavy (non-hydrogen) atoms. The van der Waals surface area contributed by atoms with E-state index in [0.29, 0.717) is 6.42 Å². The number of sulfonamides is 1. The number of hydrogen-bond donors (Lipinski definition) is 2. The molecule has 0 spiro atoms. The average Bonchev–Trinajstić information content (AvgIpc) is 2.75. The minimum atomic E-state index is -3.66. The lowest BCUT2D eigenvalue weighted by Gasteiger charge is -2.30. The molecule has 3 aromatic rings. The van der Waals surface area contributed by atoms with Gasteiger partial charge >= 0.3 is 0 Å². The van der Waals surface area contributed by atoms with E-state index in [0.717, 1.165) is 49.3 Å². The maximum atomic E-state index is 13.0.